The molecule has 0 aromatic carbocycles. The second kappa shape index (κ2) is 3.83. The van der Waals surface area contributed by atoms with Crippen LogP contribution < -0.4 is 5.73 Å². The number of hydrogen-bond acceptors (Lipinski definition) is 1. The van der Waals surface area contributed by atoms with Crippen molar-refractivity contribution < 1.29 is 0 Å². The highest BCUT2D eigenvalue weighted by Crippen LogP contribution is 1.91. The summed E-state index contributed by atoms with van der Waals surface area (Å²) in [4.78, 5) is 7.25. The lowest BCUT2D eigenvalue weighted by molar-refractivity contribution is 1.26. The Morgan fingerprint density at radius 1 is 1.67 bits per heavy atom. The van der Waals surface area contributed by atoms with Crippen LogP contribution in [0.25, 0.3) is 0 Å². The molecule has 50 valence electrons. The fourth-order valence-corrected chi connectivity index (χ4v) is 0.281. The maximum absolute atomic E-state index is 5.23. The van der Waals surface area contributed by atoms with Gasteiger partial charge in [-0.1, -0.05) is 6.08 Å². The van der Waals surface area contributed by atoms with Crippen molar-refractivity contribution >= 4 is 12.7 Å². The molecule has 0 aliphatic carbocycles. The first kappa shape index (κ1) is 7.88. The van der Waals surface area contributed by atoms with Gasteiger partial charge in [0.25, 0.3) is 0 Å². The zero-order chi connectivity index (χ0) is 7.28. The molecule has 0 unspecified atom stereocenters. The Labute approximate surface area is 55.0 Å². The molecule has 0 fully saturated rings. The van der Waals surface area contributed by atoms with Crippen LogP contribution in [-0.2, 0) is 0 Å². The smallest absolute Gasteiger partial charge is 0.219 e. The number of nitrogens with two attached hydrogens (primary N) is 1. The van der Waals surface area contributed by atoms with Gasteiger partial charge in [0.15, 0.2) is 0 Å². The lowest BCUT2D eigenvalue weighted by Gasteiger charge is -1.89. The maximum Gasteiger partial charge on any atom is 0.219 e. The number of aliphatic imine (C=N–C) groups is 2. The van der Waals surface area contributed by atoms with Crippen LogP contribution >= 0.6 is 0 Å². The first-order chi connectivity index (χ1) is 4.20. The van der Waals surface area contributed by atoms with Crippen molar-refractivity contribution in [3.05, 3.63) is 11.8 Å². The number of rotatable bonds is 1. The quantitative estimate of drug-likeness (QED) is 0.411. The van der Waals surface area contributed by atoms with E-state index in [1.165, 1.54) is 0 Å². The second-order valence-corrected chi connectivity index (χ2v) is 1.56. The van der Waals surface area contributed by atoms with Crippen molar-refractivity contribution in [3.63, 3.8) is 0 Å². The Hall–Kier alpha value is -1.12. The minimum atomic E-state index is 0.214. The van der Waals surface area contributed by atoms with Gasteiger partial charge in [-0.05, 0) is 20.6 Å². The minimum absolute atomic E-state index is 0.214. The third-order valence-electron chi connectivity index (χ3n) is 0.871. The normalized spacial score (nSPS) is 13.6. The molecule has 0 saturated carbocycles. The van der Waals surface area contributed by atoms with Gasteiger partial charge in [0.05, 0.1) is 0 Å². The molecule has 9 heavy (non-hydrogen) atoms. The average molecular weight is 125 g/mol. The van der Waals surface area contributed by atoms with Crippen molar-refractivity contribution in [3.8, 4) is 0 Å². The third kappa shape index (κ3) is 3.46. The van der Waals surface area contributed by atoms with Crippen LogP contribution in [0.1, 0.15) is 13.8 Å². The van der Waals surface area contributed by atoms with Gasteiger partial charge in [-0.2, -0.15) is 0 Å². The molecule has 0 aliphatic rings. The molecule has 3 heteroatoms. The van der Waals surface area contributed by atoms with Gasteiger partial charge in [0, 0.05) is 5.70 Å². The zero-order valence-corrected chi connectivity index (χ0v) is 5.76. The van der Waals surface area contributed by atoms with E-state index in [4.69, 9.17) is 5.73 Å². The van der Waals surface area contributed by atoms with Gasteiger partial charge >= 0.3 is 0 Å². The molecular weight excluding hydrogens is 114 g/mol. The van der Waals surface area contributed by atoms with Gasteiger partial charge in [-0.25, -0.2) is 9.98 Å². The predicted molar refractivity (Wildman–Crippen MR) is 40.6 cm³/mol. The Kier molecular flexibility index (Phi) is 3.35. The molecule has 0 rings (SSSR count). The highest BCUT2D eigenvalue weighted by atomic mass is 15.0. The van der Waals surface area contributed by atoms with Crippen molar-refractivity contribution in [1.82, 2.24) is 0 Å². The van der Waals surface area contributed by atoms with Crippen molar-refractivity contribution in [2.75, 3.05) is 0 Å². The Morgan fingerprint density at radius 2 is 2.22 bits per heavy atom. The molecule has 0 bridgehead atoms. The lowest BCUT2D eigenvalue weighted by Crippen LogP contribution is -2.06. The standard InChI is InChI=1S/C6H11N3/c1-4-5(2)9-6(7)8-3/h4H,3H2,1-2H3,(H2,7,9)/b5-4+. The summed E-state index contributed by atoms with van der Waals surface area (Å²) in [6.45, 7) is 6.94. The van der Waals surface area contributed by atoms with Crippen LogP contribution in [-0.4, -0.2) is 12.7 Å². The van der Waals surface area contributed by atoms with E-state index < -0.39 is 0 Å². The highest BCUT2D eigenvalue weighted by molar-refractivity contribution is 5.83. The summed E-state index contributed by atoms with van der Waals surface area (Å²) in [5, 5.41) is 0. The lowest BCUT2D eigenvalue weighted by atomic mass is 10.5. The Morgan fingerprint density at radius 3 is 2.56 bits per heavy atom. The van der Waals surface area contributed by atoms with E-state index in [-0.39, 0.29) is 5.96 Å². The monoisotopic (exact) mass is 125 g/mol. The molecule has 0 atom stereocenters. The van der Waals surface area contributed by atoms with E-state index in [1.807, 2.05) is 19.9 Å². The highest BCUT2D eigenvalue weighted by Gasteiger charge is 1.82. The van der Waals surface area contributed by atoms with Crippen molar-refractivity contribution in [2.24, 2.45) is 15.7 Å². The fraction of sp³-hybridized carbons (Fsp3) is 0.333. The third-order valence-corrected chi connectivity index (χ3v) is 0.871. The first-order valence-corrected chi connectivity index (χ1v) is 2.64. The first-order valence-electron chi connectivity index (χ1n) is 2.64. The molecule has 0 aliphatic heterocycles. The molecule has 2 N–H and O–H groups in total. The van der Waals surface area contributed by atoms with Crippen molar-refractivity contribution in [1.29, 1.82) is 0 Å². The van der Waals surface area contributed by atoms with E-state index in [2.05, 4.69) is 16.7 Å². The fourth-order valence-electron chi connectivity index (χ4n) is 0.281. The molecular formula is C6H11N3. The van der Waals surface area contributed by atoms with Gasteiger partial charge in [0.1, 0.15) is 0 Å². The van der Waals surface area contributed by atoms with E-state index in [1.54, 1.807) is 0 Å². The van der Waals surface area contributed by atoms with Crippen molar-refractivity contribution in [2.45, 2.75) is 13.8 Å². The summed E-state index contributed by atoms with van der Waals surface area (Å²) in [6.07, 6.45) is 1.85. The SMILES string of the molecule is C=NC(N)=N/C(C)=C/C. The van der Waals surface area contributed by atoms with Crippen LogP contribution in [0.3, 0.4) is 0 Å². The molecule has 0 heterocycles. The predicted octanol–water partition coefficient (Wildman–Crippen LogP) is 0.925. The number of hydrogen-bond donors (Lipinski definition) is 1. The minimum Gasteiger partial charge on any atom is -0.368 e. The molecule has 0 radical (unpaired) electrons. The molecule has 3 nitrogen and oxygen atoms in total. The van der Waals surface area contributed by atoms with E-state index in [0.717, 1.165) is 5.70 Å². The van der Waals surface area contributed by atoms with Crippen LogP contribution in [0, 0.1) is 0 Å². The van der Waals surface area contributed by atoms with Crippen LogP contribution in [0.15, 0.2) is 21.8 Å². The van der Waals surface area contributed by atoms with Gasteiger partial charge in [0.2, 0.25) is 5.96 Å². The van der Waals surface area contributed by atoms with E-state index in [0.29, 0.717) is 0 Å². The van der Waals surface area contributed by atoms with Gasteiger partial charge in [-0.15, -0.1) is 0 Å². The summed E-state index contributed by atoms with van der Waals surface area (Å²) in [5.41, 5.74) is 6.08. The Bertz CT molecular complexity index is 156. The molecule has 0 aromatic rings. The van der Waals surface area contributed by atoms with E-state index >= 15 is 0 Å². The topological polar surface area (TPSA) is 50.7 Å². The summed E-state index contributed by atoms with van der Waals surface area (Å²) >= 11 is 0. The maximum atomic E-state index is 5.23. The van der Waals surface area contributed by atoms with Gasteiger partial charge < -0.3 is 5.73 Å². The van der Waals surface area contributed by atoms with Crippen LogP contribution in [0.2, 0.25) is 0 Å². The van der Waals surface area contributed by atoms with Crippen LogP contribution in [0.4, 0.5) is 0 Å². The summed E-state index contributed by atoms with van der Waals surface area (Å²) in [6, 6.07) is 0. The molecule has 0 amide bonds. The molecule has 0 aromatic heterocycles. The largest absolute Gasteiger partial charge is 0.368 e. The average Bonchev–Trinajstić information content (AvgIpc) is 1.87. The summed E-state index contributed by atoms with van der Waals surface area (Å²) in [5.74, 6) is 0.214. The van der Waals surface area contributed by atoms with Crippen LogP contribution in [0.5, 0.6) is 0 Å². The number of nitrogens with zero attached hydrogens (tertiary/aromatic N) is 2. The zero-order valence-electron chi connectivity index (χ0n) is 5.76. The molecule has 0 spiro atoms. The second-order valence-electron chi connectivity index (χ2n) is 1.56. The number of allylic oxidation sites excluding steroid dienone is 2. The number of guanidine groups is 1. The summed E-state index contributed by atoms with van der Waals surface area (Å²) in [7, 11) is 0. The van der Waals surface area contributed by atoms with E-state index in [9.17, 15) is 0 Å². The van der Waals surface area contributed by atoms with Gasteiger partial charge in [-0.3, -0.25) is 0 Å². The Balaban J connectivity index is 4.11. The molecule has 0 saturated heterocycles. The summed E-state index contributed by atoms with van der Waals surface area (Å²) < 4.78 is 0.